The Morgan fingerprint density at radius 2 is 1.62 bits per heavy atom. The van der Waals surface area contributed by atoms with Crippen molar-refractivity contribution >= 4 is 23.5 Å². The number of nitrogens with one attached hydrogen (secondary N) is 1. The van der Waals surface area contributed by atoms with Crippen LogP contribution in [-0.4, -0.2) is 66.7 Å². The standard InChI is InChI=1S/C30H42ClN3O5/c1-19-10-11-23(14-25(19)31)15-33(8)26(22(4)38-9)17-34(18-27(35)32-7)16-24-12-20(2)28(21(3)13-24)39-30(5,6)29(36)37/h10-14H,15-18H2,1-9H3,(H,32,35)(H,36,37)/b26-22-. The molecule has 9 heteroatoms. The minimum atomic E-state index is -1.36. The van der Waals surface area contributed by atoms with Gasteiger partial charge in [-0.05, 0) is 75.4 Å². The molecule has 0 aromatic heterocycles. The number of carboxylic acids is 1. The number of methoxy groups -OCH3 is 1. The number of carbonyl (C=O) groups is 2. The number of benzene rings is 2. The first-order valence-corrected chi connectivity index (χ1v) is 13.2. The van der Waals surface area contributed by atoms with Crippen LogP contribution in [0.2, 0.25) is 5.02 Å². The second-order valence-corrected chi connectivity index (χ2v) is 10.8. The van der Waals surface area contributed by atoms with Crippen molar-refractivity contribution < 1.29 is 24.2 Å². The molecule has 39 heavy (non-hydrogen) atoms. The van der Waals surface area contributed by atoms with Crippen molar-refractivity contribution in [3.63, 3.8) is 0 Å². The van der Waals surface area contributed by atoms with Crippen molar-refractivity contribution in [2.75, 3.05) is 34.3 Å². The zero-order valence-electron chi connectivity index (χ0n) is 24.6. The Bertz CT molecular complexity index is 1200. The molecule has 0 aliphatic rings. The number of halogens is 1. The number of carbonyl (C=O) groups excluding carboxylic acids is 1. The number of aryl methyl sites for hydroxylation is 3. The SMILES string of the molecule is CNC(=O)CN(C/C(=C(\C)OC)N(C)Cc1ccc(C)c(Cl)c1)Cc1cc(C)c(OC(C)(C)C(=O)O)c(C)c1. The summed E-state index contributed by atoms with van der Waals surface area (Å²) in [7, 11) is 5.25. The van der Waals surface area contributed by atoms with Crippen LogP contribution in [0.15, 0.2) is 41.8 Å². The van der Waals surface area contributed by atoms with E-state index in [1.165, 1.54) is 13.8 Å². The number of ether oxygens (including phenoxy) is 2. The fourth-order valence-electron chi connectivity index (χ4n) is 4.23. The Labute approximate surface area is 237 Å². The van der Waals surface area contributed by atoms with E-state index in [9.17, 15) is 14.7 Å². The predicted octanol–water partition coefficient (Wildman–Crippen LogP) is 5.07. The van der Waals surface area contributed by atoms with Crippen LogP contribution in [0.3, 0.4) is 0 Å². The van der Waals surface area contributed by atoms with Gasteiger partial charge in [-0.25, -0.2) is 4.79 Å². The van der Waals surface area contributed by atoms with E-state index in [4.69, 9.17) is 21.1 Å². The molecule has 0 aliphatic carbocycles. The van der Waals surface area contributed by atoms with Crippen LogP contribution in [0.1, 0.15) is 48.6 Å². The van der Waals surface area contributed by atoms with E-state index in [0.29, 0.717) is 25.4 Å². The Balaban J connectivity index is 2.35. The molecule has 8 nitrogen and oxygen atoms in total. The molecule has 2 aromatic rings. The lowest BCUT2D eigenvalue weighted by Crippen LogP contribution is -2.39. The molecule has 1 amide bonds. The van der Waals surface area contributed by atoms with Gasteiger partial charge in [0, 0.05) is 38.8 Å². The average Bonchev–Trinajstić information content (AvgIpc) is 2.86. The normalized spacial score (nSPS) is 12.2. The van der Waals surface area contributed by atoms with E-state index >= 15 is 0 Å². The molecule has 0 heterocycles. The second kappa shape index (κ2) is 13.7. The fourth-order valence-corrected chi connectivity index (χ4v) is 4.44. The monoisotopic (exact) mass is 559 g/mol. The van der Waals surface area contributed by atoms with Gasteiger partial charge in [-0.15, -0.1) is 0 Å². The summed E-state index contributed by atoms with van der Waals surface area (Å²) in [4.78, 5) is 28.2. The topological polar surface area (TPSA) is 91.3 Å². The molecule has 0 unspecified atom stereocenters. The number of carboxylic acid groups (broad SMARTS) is 1. The Morgan fingerprint density at radius 3 is 2.13 bits per heavy atom. The number of aliphatic carboxylic acids is 1. The van der Waals surface area contributed by atoms with Crippen molar-refractivity contribution in [3.8, 4) is 5.75 Å². The molecule has 0 aliphatic heterocycles. The molecule has 2 N–H and O–H groups in total. The second-order valence-electron chi connectivity index (χ2n) is 10.4. The maximum absolute atomic E-state index is 12.5. The van der Waals surface area contributed by atoms with Gasteiger partial charge in [-0.1, -0.05) is 35.9 Å². The maximum Gasteiger partial charge on any atom is 0.347 e. The van der Waals surface area contributed by atoms with Gasteiger partial charge in [-0.3, -0.25) is 9.69 Å². The summed E-state index contributed by atoms with van der Waals surface area (Å²) in [5.41, 5.74) is 4.32. The van der Waals surface area contributed by atoms with Crippen molar-refractivity contribution in [1.82, 2.24) is 15.1 Å². The summed E-state index contributed by atoms with van der Waals surface area (Å²) in [5, 5.41) is 12.9. The number of hydrogen-bond donors (Lipinski definition) is 2. The van der Waals surface area contributed by atoms with Crippen molar-refractivity contribution in [3.05, 3.63) is 74.6 Å². The van der Waals surface area contributed by atoms with Gasteiger partial charge in [0.15, 0.2) is 5.60 Å². The van der Waals surface area contributed by atoms with E-state index < -0.39 is 11.6 Å². The molecule has 0 atom stereocenters. The van der Waals surface area contributed by atoms with E-state index in [1.807, 2.05) is 63.9 Å². The van der Waals surface area contributed by atoms with Gasteiger partial charge in [0.25, 0.3) is 0 Å². The number of rotatable bonds is 13. The van der Waals surface area contributed by atoms with Crippen LogP contribution < -0.4 is 10.1 Å². The minimum Gasteiger partial charge on any atom is -0.500 e. The molecule has 2 rings (SSSR count). The minimum absolute atomic E-state index is 0.103. The summed E-state index contributed by atoms with van der Waals surface area (Å²) in [6.45, 7) is 12.5. The number of allylic oxidation sites excluding steroid dienone is 1. The van der Waals surface area contributed by atoms with E-state index in [1.54, 1.807) is 14.2 Å². The van der Waals surface area contributed by atoms with Crippen LogP contribution in [0.25, 0.3) is 0 Å². The number of likely N-dealkylation sites (N-methyl/N-ethyl adjacent to an activating group) is 2. The highest BCUT2D eigenvalue weighted by Gasteiger charge is 2.30. The maximum atomic E-state index is 12.5. The summed E-state index contributed by atoms with van der Waals surface area (Å²) < 4.78 is 11.5. The van der Waals surface area contributed by atoms with Crippen LogP contribution in [0.5, 0.6) is 5.75 Å². The van der Waals surface area contributed by atoms with Crippen LogP contribution >= 0.6 is 11.6 Å². The summed E-state index contributed by atoms with van der Waals surface area (Å²) >= 11 is 6.36. The zero-order chi connectivity index (χ0) is 29.5. The highest BCUT2D eigenvalue weighted by Crippen LogP contribution is 2.29. The van der Waals surface area contributed by atoms with Crippen molar-refractivity contribution in [2.45, 2.75) is 60.2 Å². The van der Waals surface area contributed by atoms with Gasteiger partial charge in [0.05, 0.1) is 19.4 Å². The largest absolute Gasteiger partial charge is 0.500 e. The van der Waals surface area contributed by atoms with Crippen molar-refractivity contribution in [1.29, 1.82) is 0 Å². The molecular weight excluding hydrogens is 518 g/mol. The van der Waals surface area contributed by atoms with Gasteiger partial charge < -0.3 is 24.8 Å². The number of amides is 1. The third-order valence-corrected chi connectivity index (χ3v) is 7.05. The Morgan fingerprint density at radius 1 is 1.00 bits per heavy atom. The molecule has 0 fully saturated rings. The highest BCUT2D eigenvalue weighted by molar-refractivity contribution is 6.31. The lowest BCUT2D eigenvalue weighted by atomic mass is 10.0. The molecule has 2 aromatic carbocycles. The van der Waals surface area contributed by atoms with Gasteiger partial charge in [0.2, 0.25) is 5.91 Å². The van der Waals surface area contributed by atoms with Gasteiger partial charge in [0.1, 0.15) is 11.5 Å². The molecular formula is C30H42ClN3O5. The number of nitrogens with zero attached hydrogens (tertiary/aromatic N) is 2. The predicted molar refractivity (Wildman–Crippen MR) is 155 cm³/mol. The van der Waals surface area contributed by atoms with Crippen LogP contribution in [-0.2, 0) is 27.4 Å². The van der Waals surface area contributed by atoms with Gasteiger partial charge in [-0.2, -0.15) is 0 Å². The third kappa shape index (κ3) is 8.90. The molecule has 214 valence electrons. The average molecular weight is 560 g/mol. The first-order chi connectivity index (χ1) is 18.2. The van der Waals surface area contributed by atoms with Gasteiger partial charge >= 0.3 is 5.97 Å². The van der Waals surface area contributed by atoms with E-state index in [0.717, 1.165) is 44.3 Å². The molecule has 0 saturated heterocycles. The zero-order valence-corrected chi connectivity index (χ0v) is 25.3. The van der Waals surface area contributed by atoms with E-state index in [2.05, 4.69) is 16.3 Å². The molecule has 0 saturated carbocycles. The highest BCUT2D eigenvalue weighted by atomic mass is 35.5. The Kier molecular flexibility index (Phi) is 11.2. The molecule has 0 bridgehead atoms. The van der Waals surface area contributed by atoms with Crippen LogP contribution in [0.4, 0.5) is 0 Å². The smallest absolute Gasteiger partial charge is 0.347 e. The third-order valence-electron chi connectivity index (χ3n) is 6.65. The molecule has 0 spiro atoms. The lowest BCUT2D eigenvalue weighted by molar-refractivity contribution is -0.152. The fraction of sp³-hybridized carbons (Fsp3) is 0.467. The van der Waals surface area contributed by atoms with Crippen molar-refractivity contribution in [2.24, 2.45) is 0 Å². The Hall–Kier alpha value is -3.23. The summed E-state index contributed by atoms with van der Waals surface area (Å²) in [5.74, 6) is 0.168. The number of hydrogen-bond acceptors (Lipinski definition) is 6. The molecule has 0 radical (unpaired) electrons. The van der Waals surface area contributed by atoms with Crippen LogP contribution in [0, 0.1) is 20.8 Å². The lowest BCUT2D eigenvalue weighted by Gasteiger charge is -2.30. The summed E-state index contributed by atoms with van der Waals surface area (Å²) in [6.07, 6.45) is 0. The quantitative estimate of drug-likeness (QED) is 0.331. The first-order valence-electron chi connectivity index (χ1n) is 12.8. The summed E-state index contributed by atoms with van der Waals surface area (Å²) in [6, 6.07) is 9.98. The van der Waals surface area contributed by atoms with E-state index in [-0.39, 0.29) is 12.5 Å². The first kappa shape index (κ1) is 32.0.